The fraction of sp³-hybridized carbons (Fsp3) is 0.364. The summed E-state index contributed by atoms with van der Waals surface area (Å²) in [5, 5.41) is 0. The number of aryl methyl sites for hydroxylation is 1. The van der Waals surface area contributed by atoms with Crippen LogP contribution in [0.25, 0.3) is 22.3 Å². The van der Waals surface area contributed by atoms with E-state index in [0.29, 0.717) is 0 Å². The topological polar surface area (TPSA) is 6.48 Å². The Hall–Kier alpha value is -5.80. The summed E-state index contributed by atoms with van der Waals surface area (Å²) < 4.78 is 0. The molecular weight excluding hydrogens is 832 g/mol. The molecule has 0 N–H and O–H groups in total. The van der Waals surface area contributed by atoms with Gasteiger partial charge in [-0.1, -0.05) is 190 Å². The Morgan fingerprint density at radius 1 is 0.406 bits per heavy atom. The molecule has 7 aromatic rings. The maximum atomic E-state index is 2.68. The molecule has 0 radical (unpaired) electrons. The van der Waals surface area contributed by atoms with Gasteiger partial charge in [-0.25, -0.2) is 0 Å². The van der Waals surface area contributed by atoms with Crippen molar-refractivity contribution in [1.82, 2.24) is 0 Å². The van der Waals surface area contributed by atoms with Crippen LogP contribution in [-0.2, 0) is 32.5 Å². The predicted octanol–water partition coefficient (Wildman–Crippen LogP) is 16.6. The molecule has 1 aliphatic carbocycles. The third-order valence-electron chi connectivity index (χ3n) is 15.9. The first-order valence-electron chi connectivity index (χ1n) is 25.7. The maximum Gasteiger partial charge on any atom is 0.252 e. The smallest absolute Gasteiger partial charge is 0.252 e. The Balaban J connectivity index is 1.30. The van der Waals surface area contributed by atoms with E-state index in [0.717, 1.165) is 6.42 Å². The zero-order chi connectivity index (χ0) is 49.5. The SMILES string of the molecule is Cc1cc2c3c(c1)N(c1ccc(C(C)(C)C)cc1-c1cccc(-c4ccc(C(C)(C)C)cc4)c1)c1cc4c(cc1B3c1ccc(C(C)(C)C)cc1N2c1cccc(C(C)(C)C)c1)C(C)(C)CC4(C)C. The molecule has 0 atom stereocenters. The summed E-state index contributed by atoms with van der Waals surface area (Å²) in [5.74, 6) is 0. The summed E-state index contributed by atoms with van der Waals surface area (Å²) in [7, 11) is 0. The predicted molar refractivity (Wildman–Crippen MR) is 302 cm³/mol. The van der Waals surface area contributed by atoms with Crippen LogP contribution in [0.2, 0.25) is 0 Å². The van der Waals surface area contributed by atoms with Crippen LogP contribution < -0.4 is 26.2 Å². The summed E-state index contributed by atoms with van der Waals surface area (Å²) in [4.78, 5) is 5.30. The molecular formula is C66H75BN2. The largest absolute Gasteiger partial charge is 0.311 e. The Bertz CT molecular complexity index is 3190. The maximum absolute atomic E-state index is 2.68. The monoisotopic (exact) mass is 907 g/mol. The first-order valence-corrected chi connectivity index (χ1v) is 25.7. The van der Waals surface area contributed by atoms with Crippen LogP contribution in [0.3, 0.4) is 0 Å². The molecule has 2 aliphatic heterocycles. The molecule has 0 unspecified atom stereocenters. The van der Waals surface area contributed by atoms with Gasteiger partial charge in [-0.15, -0.1) is 0 Å². The minimum absolute atomic E-state index is 0.00402. The van der Waals surface area contributed by atoms with Gasteiger partial charge in [0.1, 0.15) is 0 Å². The van der Waals surface area contributed by atoms with Crippen LogP contribution in [0.5, 0.6) is 0 Å². The van der Waals surface area contributed by atoms with Crippen LogP contribution in [0.4, 0.5) is 34.1 Å². The normalized spacial score (nSPS) is 16.0. The van der Waals surface area contributed by atoms with Crippen LogP contribution >= 0.6 is 0 Å². The van der Waals surface area contributed by atoms with Gasteiger partial charge in [-0.2, -0.15) is 0 Å². The Labute approximate surface area is 416 Å². The van der Waals surface area contributed by atoms with E-state index >= 15 is 0 Å². The van der Waals surface area contributed by atoms with Crippen molar-refractivity contribution in [3.05, 3.63) is 172 Å². The van der Waals surface area contributed by atoms with E-state index in [1.807, 2.05) is 0 Å². The van der Waals surface area contributed by atoms with E-state index in [4.69, 9.17) is 0 Å². The van der Waals surface area contributed by atoms with Gasteiger partial charge >= 0.3 is 0 Å². The molecule has 3 heteroatoms. The van der Waals surface area contributed by atoms with Gasteiger partial charge in [-0.05, 0) is 172 Å². The number of benzene rings is 7. The molecule has 2 heterocycles. The van der Waals surface area contributed by atoms with Crippen molar-refractivity contribution in [2.45, 2.75) is 157 Å². The molecule has 352 valence electrons. The summed E-state index contributed by atoms with van der Waals surface area (Å²) in [6.07, 6.45) is 1.11. The van der Waals surface area contributed by atoms with Crippen molar-refractivity contribution in [2.24, 2.45) is 0 Å². The Morgan fingerprint density at radius 3 is 1.57 bits per heavy atom. The molecule has 69 heavy (non-hydrogen) atoms. The van der Waals surface area contributed by atoms with Gasteiger partial charge in [0, 0.05) is 34.0 Å². The highest BCUT2D eigenvalue weighted by Gasteiger charge is 2.48. The van der Waals surface area contributed by atoms with Gasteiger partial charge in [-0.3, -0.25) is 0 Å². The fourth-order valence-corrected chi connectivity index (χ4v) is 12.2. The van der Waals surface area contributed by atoms with Gasteiger partial charge in [0.15, 0.2) is 0 Å². The minimum atomic E-state index is -0.0464. The van der Waals surface area contributed by atoms with E-state index in [-0.39, 0.29) is 39.2 Å². The summed E-state index contributed by atoms with van der Waals surface area (Å²) in [6, 6.07) is 52.9. The van der Waals surface area contributed by atoms with E-state index in [1.54, 1.807) is 0 Å². The second-order valence-corrected chi connectivity index (χ2v) is 26.4. The summed E-state index contributed by atoms with van der Waals surface area (Å²) >= 11 is 0. The fourth-order valence-electron chi connectivity index (χ4n) is 12.2. The second kappa shape index (κ2) is 15.6. The highest BCUT2D eigenvalue weighted by molar-refractivity contribution is 7.00. The molecule has 0 spiro atoms. The average molecular weight is 907 g/mol. The van der Waals surface area contributed by atoms with Crippen molar-refractivity contribution in [3.8, 4) is 22.3 Å². The lowest BCUT2D eigenvalue weighted by atomic mass is 9.33. The number of fused-ring (bicyclic) bond motifs is 5. The lowest BCUT2D eigenvalue weighted by molar-refractivity contribution is 0.403. The molecule has 0 aromatic heterocycles. The van der Waals surface area contributed by atoms with Crippen molar-refractivity contribution in [1.29, 1.82) is 0 Å². The third kappa shape index (κ3) is 7.97. The average Bonchev–Trinajstić information content (AvgIpc) is 3.45. The van der Waals surface area contributed by atoms with Gasteiger partial charge in [0.05, 0.1) is 5.69 Å². The van der Waals surface area contributed by atoms with Gasteiger partial charge in [0.25, 0.3) is 6.71 Å². The standard InChI is InChI=1S/C66H75BN2/c1-41-32-58-60-59(33-41)69(55-31-29-47(63(8,9)10)36-50(55)44-21-18-20-43(34-44)42-24-26-45(27-25-42)61(2,3)4)57-39-52-51(65(14,15)40-66(52,16)17)38-54(57)67(60)53-30-28-48(64(11,12)13)37-56(53)68(58)49-23-19-22-46(35-49)62(5,6)7/h18-39H,40H2,1-17H3. The van der Waals surface area contributed by atoms with E-state index < -0.39 is 0 Å². The van der Waals surface area contributed by atoms with E-state index in [2.05, 4.69) is 261 Å². The summed E-state index contributed by atoms with van der Waals surface area (Å²) in [6.45, 7) is 40.1. The van der Waals surface area contributed by atoms with Crippen LogP contribution in [0, 0.1) is 6.92 Å². The van der Waals surface area contributed by atoms with E-state index in [9.17, 15) is 0 Å². The molecule has 0 saturated heterocycles. The Morgan fingerprint density at radius 2 is 0.928 bits per heavy atom. The van der Waals surface area contributed by atoms with Crippen LogP contribution in [0.15, 0.2) is 133 Å². The van der Waals surface area contributed by atoms with Crippen molar-refractivity contribution in [3.63, 3.8) is 0 Å². The van der Waals surface area contributed by atoms with Crippen LogP contribution in [0.1, 0.15) is 156 Å². The number of rotatable bonds is 4. The quantitative estimate of drug-likeness (QED) is 0.162. The number of hydrogen-bond donors (Lipinski definition) is 0. The zero-order valence-electron chi connectivity index (χ0n) is 44.9. The molecule has 0 amide bonds. The first-order chi connectivity index (χ1) is 32.1. The molecule has 3 aliphatic rings. The van der Waals surface area contributed by atoms with Gasteiger partial charge in [0.2, 0.25) is 0 Å². The highest BCUT2D eigenvalue weighted by Crippen LogP contribution is 2.54. The molecule has 10 rings (SSSR count). The second-order valence-electron chi connectivity index (χ2n) is 26.4. The zero-order valence-corrected chi connectivity index (χ0v) is 44.9. The molecule has 0 saturated carbocycles. The lowest BCUT2D eigenvalue weighted by Gasteiger charge is -2.45. The van der Waals surface area contributed by atoms with Crippen molar-refractivity contribution >= 4 is 57.2 Å². The molecule has 2 nitrogen and oxygen atoms in total. The number of hydrogen-bond acceptors (Lipinski definition) is 2. The number of anilines is 6. The van der Waals surface area contributed by atoms with Crippen molar-refractivity contribution < 1.29 is 0 Å². The third-order valence-corrected chi connectivity index (χ3v) is 15.9. The summed E-state index contributed by atoms with van der Waals surface area (Å²) in [5.41, 5.74) is 26.2. The Kier molecular flexibility index (Phi) is 10.6. The van der Waals surface area contributed by atoms with Crippen molar-refractivity contribution in [2.75, 3.05) is 9.80 Å². The van der Waals surface area contributed by atoms with Gasteiger partial charge < -0.3 is 9.80 Å². The number of nitrogens with zero attached hydrogens (tertiary/aromatic N) is 2. The molecule has 7 aromatic carbocycles. The lowest BCUT2D eigenvalue weighted by Crippen LogP contribution is -2.61. The first kappa shape index (κ1) is 46.9. The molecule has 0 bridgehead atoms. The minimum Gasteiger partial charge on any atom is -0.311 e. The van der Waals surface area contributed by atoms with Crippen LogP contribution in [-0.4, -0.2) is 6.71 Å². The van der Waals surface area contributed by atoms with E-state index in [1.165, 1.54) is 112 Å². The highest BCUT2D eigenvalue weighted by atomic mass is 15.2. The molecule has 0 fully saturated rings.